The van der Waals surface area contributed by atoms with Crippen molar-refractivity contribution in [3.05, 3.63) is 153 Å². The first-order valence-electron chi connectivity index (χ1n) is 33.1. The SMILES string of the molecule is C.C.C.C.C.C.C.CC(=O)COc1c(I)cc(C(C)O)nc1Cl.CC(=O)c1cc2c(c(Cl)n1)OCC2(C)NS(=O)C(C)(C)C.CC(COc1c(I)cc(C(C)O)nc1Cl)=NS(=O)C(C)(C)C.CC(O)c1cc(I)c(O)c(Cl)n1.CC(O)c1cc2c(c(Cl)n1)OCC2(C)NS(=O)C(C)(C)C.CC(O)c1ccc(O)c(Cl)n1.Oc1cccnc1Cl. The van der Waals surface area contributed by atoms with Crippen molar-refractivity contribution in [2.45, 2.75) is 239 Å². The molecule has 10 unspecified atom stereocenters. The van der Waals surface area contributed by atoms with E-state index in [2.05, 4.69) is 71.3 Å². The highest BCUT2D eigenvalue weighted by atomic mass is 127. The molecule has 0 radical (unpaired) electrons. The summed E-state index contributed by atoms with van der Waals surface area (Å²) in [6.07, 6.45) is -1.93. The number of aromatic hydroxyl groups is 3. The largest absolute Gasteiger partial charge is 0.505 e. The van der Waals surface area contributed by atoms with E-state index in [1.165, 1.54) is 38.2 Å². The van der Waals surface area contributed by atoms with Gasteiger partial charge in [0, 0.05) is 24.2 Å². The number of aliphatic hydroxyl groups is 5. The molecule has 9 rings (SSSR count). The highest BCUT2D eigenvalue weighted by Crippen LogP contribution is 2.44. The molecular formula is C78H118Cl7I3N10O17S3. The van der Waals surface area contributed by atoms with Crippen LogP contribution in [0.5, 0.6) is 40.2 Å². The molecule has 0 bridgehead atoms. The van der Waals surface area contributed by atoms with E-state index in [1.807, 2.05) is 121 Å². The molecule has 7 aromatic rings. The number of aliphatic hydroxyl groups excluding tert-OH is 5. The Morgan fingerprint density at radius 3 is 1.19 bits per heavy atom. The van der Waals surface area contributed by atoms with E-state index in [0.29, 0.717) is 72.9 Å². The summed E-state index contributed by atoms with van der Waals surface area (Å²) in [6.45, 7) is 34.1. The first-order valence-corrected chi connectivity index (χ1v) is 42.4. The van der Waals surface area contributed by atoms with Crippen molar-refractivity contribution in [2.75, 3.05) is 26.4 Å². The van der Waals surface area contributed by atoms with Gasteiger partial charge in [-0.05, 0) is 247 Å². The minimum atomic E-state index is -1.32. The zero-order valence-electron chi connectivity index (χ0n) is 63.8. The van der Waals surface area contributed by atoms with E-state index in [1.54, 1.807) is 77.9 Å². The first kappa shape index (κ1) is 123. The lowest BCUT2D eigenvalue weighted by molar-refractivity contribution is -0.118. The second-order valence-electron chi connectivity index (χ2n) is 27.8. The van der Waals surface area contributed by atoms with Gasteiger partial charge in [0.1, 0.15) is 43.1 Å². The third kappa shape index (κ3) is 38.3. The highest BCUT2D eigenvalue weighted by Gasteiger charge is 2.43. The van der Waals surface area contributed by atoms with Gasteiger partial charge >= 0.3 is 0 Å². The van der Waals surface area contributed by atoms with Gasteiger partial charge < -0.3 is 59.8 Å². The molecule has 10 N–H and O–H groups in total. The van der Waals surface area contributed by atoms with Crippen LogP contribution in [0.4, 0.5) is 0 Å². The summed E-state index contributed by atoms with van der Waals surface area (Å²) in [5.74, 6) is 1.39. The molecule has 0 fully saturated rings. The number of carbonyl (C=O) groups is 2. The molecule has 0 saturated carbocycles. The van der Waals surface area contributed by atoms with Gasteiger partial charge in [0.05, 0.1) is 123 Å². The van der Waals surface area contributed by atoms with E-state index in [4.69, 9.17) is 121 Å². The van der Waals surface area contributed by atoms with Crippen molar-refractivity contribution < 1.29 is 82.0 Å². The predicted molar refractivity (Wildman–Crippen MR) is 509 cm³/mol. The van der Waals surface area contributed by atoms with Gasteiger partial charge in [-0.15, -0.1) is 0 Å². The molecule has 670 valence electrons. The number of hydrogen-bond acceptors (Lipinski definition) is 24. The molecule has 9 heterocycles. The molecule has 0 amide bonds. The number of carbonyl (C=O) groups excluding carboxylic acids is 2. The van der Waals surface area contributed by atoms with E-state index < -0.39 is 88.8 Å². The van der Waals surface area contributed by atoms with Gasteiger partial charge in [0.2, 0.25) is 0 Å². The highest BCUT2D eigenvalue weighted by molar-refractivity contribution is 14.1. The number of halogens is 10. The predicted octanol–water partition coefficient (Wildman–Crippen LogP) is 20.6. The first-order chi connectivity index (χ1) is 51.0. The molecule has 0 spiro atoms. The number of rotatable bonds is 17. The van der Waals surface area contributed by atoms with Gasteiger partial charge in [-0.1, -0.05) is 133 Å². The minimum absolute atomic E-state index is 0. The summed E-state index contributed by atoms with van der Waals surface area (Å²) < 4.78 is 69.9. The molecule has 0 saturated heterocycles. The van der Waals surface area contributed by atoms with Crippen LogP contribution in [-0.2, 0) is 48.8 Å². The number of nitrogens with one attached hydrogen (secondary N) is 2. The topological polar surface area (TPSA) is 411 Å². The fourth-order valence-corrected chi connectivity index (χ4v) is 14.4. The average molecular weight is 2190 g/mol. The van der Waals surface area contributed by atoms with Crippen LogP contribution in [-0.4, -0.2) is 146 Å². The van der Waals surface area contributed by atoms with E-state index >= 15 is 0 Å². The van der Waals surface area contributed by atoms with Crippen molar-refractivity contribution >= 4 is 199 Å². The van der Waals surface area contributed by atoms with Crippen LogP contribution in [0.25, 0.3) is 0 Å². The summed E-state index contributed by atoms with van der Waals surface area (Å²) in [4.78, 5) is 49.7. The summed E-state index contributed by atoms with van der Waals surface area (Å²) in [7, 11) is -3.85. The lowest BCUT2D eigenvalue weighted by Crippen LogP contribution is -2.47. The van der Waals surface area contributed by atoms with Crippen LogP contribution < -0.4 is 28.4 Å². The fraction of sp³-hybridized carbons (Fsp3) is 0.513. The third-order valence-electron chi connectivity index (χ3n) is 14.3. The molecule has 27 nitrogen and oxygen atoms in total. The summed E-state index contributed by atoms with van der Waals surface area (Å²) in [6, 6.07) is 14.4. The maximum absolute atomic E-state index is 12.4. The fourth-order valence-electron chi connectivity index (χ4n) is 8.07. The van der Waals surface area contributed by atoms with Crippen LogP contribution in [0.15, 0.2) is 65.2 Å². The van der Waals surface area contributed by atoms with E-state index in [-0.39, 0.29) is 142 Å². The lowest BCUT2D eigenvalue weighted by atomic mass is 9.95. The summed E-state index contributed by atoms with van der Waals surface area (Å²) in [5, 5.41) is 74.6. The van der Waals surface area contributed by atoms with E-state index in [9.17, 15) is 42.6 Å². The molecule has 2 aliphatic heterocycles. The minimum Gasteiger partial charge on any atom is -0.505 e. The Morgan fingerprint density at radius 1 is 0.500 bits per heavy atom. The molecule has 7 aromatic heterocycles. The standard InChI is InChI=1S/C14H20ClIN2O3S.C14H21ClN2O3S.C14H19ClN2O3S.C10H11ClINO3.C7H7ClINO2.C7H8ClNO2.C5H4ClNO.7CH4/c1-8(18-22(20)14(3,4)5)7-21-12-10(16)6-11(9(2)19)17-13(12)15;2*1-8(18)10-6-9-11(12(15)16-10)20-7-14(9,5)17-21(19)13(2,3)4;1-5(14)4-16-9-7(12)3-8(6(2)15)13-10(9)11;1-3(11)5-2-4(9)6(12)7(8)10-5;1-4(10)5-2-3-6(11)7(8)9-5;6-5-4(8)2-1-3-7-5;;;;;;;/h6,9,19H,7H2,1-5H3;6,8,17-18H,7H2,1-5H3;6,17H,7H2,1-5H3;3,6,15H,4H2,1-2H3;2-3,11-12H,1H3;2-4,10-11H,1H3;1-3,8H;7*1H4. The number of ketones is 2. The van der Waals surface area contributed by atoms with Crippen LogP contribution in [0.3, 0.4) is 0 Å². The number of pyridine rings is 7. The summed E-state index contributed by atoms with van der Waals surface area (Å²) in [5.41, 5.74) is 3.41. The lowest BCUT2D eigenvalue weighted by Gasteiger charge is -2.28. The third-order valence-corrected chi connectivity index (χ3v) is 23.6. The normalized spacial score (nSPS) is 16.1. The smallest absolute Gasteiger partial charge is 0.178 e. The van der Waals surface area contributed by atoms with Crippen molar-refractivity contribution in [1.82, 2.24) is 44.3 Å². The number of aromatic nitrogens is 7. The Bertz CT molecular complexity index is 4420. The number of nitrogens with zero attached hydrogens (tertiary/aromatic N) is 8. The van der Waals surface area contributed by atoms with Crippen molar-refractivity contribution in [3.63, 3.8) is 0 Å². The van der Waals surface area contributed by atoms with Crippen molar-refractivity contribution in [3.8, 4) is 40.2 Å². The van der Waals surface area contributed by atoms with Gasteiger partial charge in [0.25, 0.3) is 0 Å². The molecule has 0 aromatic carbocycles. The molecule has 10 atom stereocenters. The molecule has 0 aliphatic carbocycles. The monoisotopic (exact) mass is 2190 g/mol. The molecule has 118 heavy (non-hydrogen) atoms. The Kier molecular flexibility index (Phi) is 56.1. The molecular weight excluding hydrogens is 2070 g/mol. The van der Waals surface area contributed by atoms with Crippen LogP contribution >= 0.6 is 149 Å². The van der Waals surface area contributed by atoms with Gasteiger partial charge in [0.15, 0.2) is 87.9 Å². The Labute approximate surface area is 781 Å². The van der Waals surface area contributed by atoms with Crippen molar-refractivity contribution in [2.24, 2.45) is 4.40 Å². The number of fused-ring (bicyclic) bond motifs is 2. The zero-order chi connectivity index (χ0) is 85.1. The Morgan fingerprint density at radius 2 is 0.856 bits per heavy atom. The van der Waals surface area contributed by atoms with Crippen LogP contribution in [0.1, 0.15) is 264 Å². The second-order valence-corrected chi connectivity index (χ2v) is 39.7. The van der Waals surface area contributed by atoms with Gasteiger partial charge in [-0.2, -0.15) is 4.40 Å². The Hall–Kier alpha value is -3.95. The Balaban J connectivity index is -0.000000425. The second kappa shape index (κ2) is 54.1. The van der Waals surface area contributed by atoms with Crippen LogP contribution in [0, 0.1) is 10.7 Å². The number of ether oxygens (including phenoxy) is 4. The maximum Gasteiger partial charge on any atom is 0.178 e. The quantitative estimate of drug-likeness (QED) is 0.0175. The van der Waals surface area contributed by atoms with Crippen LogP contribution in [0.2, 0.25) is 36.1 Å². The summed E-state index contributed by atoms with van der Waals surface area (Å²) >= 11 is 46.6. The average Bonchev–Trinajstić information content (AvgIpc) is 1.61. The maximum atomic E-state index is 12.4. The van der Waals surface area contributed by atoms with Gasteiger partial charge in [-0.25, -0.2) is 57.0 Å². The zero-order valence-corrected chi connectivity index (χ0v) is 78.0. The number of hydrogen-bond donors (Lipinski definition) is 10. The van der Waals surface area contributed by atoms with Crippen molar-refractivity contribution in [1.29, 1.82) is 0 Å². The molecule has 2 aliphatic rings. The number of Topliss-reactive ketones (excluding diaryl/α,β-unsaturated/α-hetero) is 2. The van der Waals surface area contributed by atoms with Gasteiger partial charge in [-0.3, -0.25) is 9.59 Å². The molecule has 40 heteroatoms. The van der Waals surface area contributed by atoms with E-state index in [0.717, 1.165) is 12.7 Å².